The molecule has 0 saturated carbocycles. The summed E-state index contributed by atoms with van der Waals surface area (Å²) in [5.41, 5.74) is 1.31. The van der Waals surface area contributed by atoms with Crippen LogP contribution in [0.1, 0.15) is 39.5 Å². The summed E-state index contributed by atoms with van der Waals surface area (Å²) >= 11 is 0. The third-order valence-electron chi connectivity index (χ3n) is 5.13. The van der Waals surface area contributed by atoms with Crippen LogP contribution in [-0.4, -0.2) is 66.9 Å². The van der Waals surface area contributed by atoms with E-state index in [9.17, 15) is 0 Å². The van der Waals surface area contributed by atoms with Gasteiger partial charge in [0.15, 0.2) is 16.6 Å². The van der Waals surface area contributed by atoms with Crippen LogP contribution in [0.4, 0.5) is 0 Å². The highest BCUT2D eigenvalue weighted by molar-refractivity contribution is 6.70. The standard InChI is InChI=1S/C21H46N2O3Si2/c1-18(12-15-25-27(4,5)6)21(19(2)13-16-26-28(7,8)9)22-23-14-10-11-20(23)17-24-3/h18-20H,10-17H2,1-9H3/t18-,19-,20-/m0/s1. The van der Waals surface area contributed by atoms with Crippen LogP contribution in [0.15, 0.2) is 5.10 Å². The van der Waals surface area contributed by atoms with Crippen molar-refractivity contribution in [3.05, 3.63) is 0 Å². The van der Waals surface area contributed by atoms with Crippen molar-refractivity contribution in [2.24, 2.45) is 16.9 Å². The maximum atomic E-state index is 6.12. The maximum Gasteiger partial charge on any atom is 0.183 e. The van der Waals surface area contributed by atoms with E-state index in [-0.39, 0.29) is 0 Å². The predicted molar refractivity (Wildman–Crippen MR) is 125 cm³/mol. The van der Waals surface area contributed by atoms with E-state index in [1.165, 1.54) is 18.6 Å². The van der Waals surface area contributed by atoms with Crippen molar-refractivity contribution in [3.63, 3.8) is 0 Å². The summed E-state index contributed by atoms with van der Waals surface area (Å²) in [4.78, 5) is 0. The molecule has 166 valence electrons. The first-order chi connectivity index (χ1) is 12.9. The van der Waals surface area contributed by atoms with Crippen molar-refractivity contribution >= 4 is 22.3 Å². The molecule has 1 aliphatic heterocycles. The first-order valence-corrected chi connectivity index (χ1v) is 17.9. The molecule has 1 heterocycles. The van der Waals surface area contributed by atoms with Gasteiger partial charge in [0.2, 0.25) is 0 Å². The molecule has 7 heteroatoms. The molecular weight excluding hydrogens is 384 g/mol. The Bertz CT molecular complexity index is 447. The summed E-state index contributed by atoms with van der Waals surface area (Å²) in [6.07, 6.45) is 4.44. The molecule has 0 radical (unpaired) electrons. The van der Waals surface area contributed by atoms with Gasteiger partial charge >= 0.3 is 0 Å². The van der Waals surface area contributed by atoms with Gasteiger partial charge < -0.3 is 13.6 Å². The molecule has 1 fully saturated rings. The first kappa shape index (κ1) is 25.8. The average molecular weight is 431 g/mol. The van der Waals surface area contributed by atoms with Crippen molar-refractivity contribution in [2.75, 3.05) is 33.5 Å². The van der Waals surface area contributed by atoms with Crippen molar-refractivity contribution in [3.8, 4) is 0 Å². The molecule has 0 amide bonds. The largest absolute Gasteiger partial charge is 0.418 e. The van der Waals surface area contributed by atoms with Gasteiger partial charge in [0.25, 0.3) is 0 Å². The molecule has 0 spiro atoms. The molecule has 1 rings (SSSR count). The van der Waals surface area contributed by atoms with E-state index in [0.29, 0.717) is 17.9 Å². The Kier molecular flexibility index (Phi) is 10.9. The quantitative estimate of drug-likeness (QED) is 0.297. The number of rotatable bonds is 13. The molecule has 0 aromatic rings. The lowest BCUT2D eigenvalue weighted by Gasteiger charge is -2.28. The van der Waals surface area contributed by atoms with E-state index in [2.05, 4.69) is 58.1 Å². The fourth-order valence-electron chi connectivity index (χ4n) is 3.52. The highest BCUT2D eigenvalue weighted by Gasteiger charge is 2.27. The van der Waals surface area contributed by atoms with Crippen LogP contribution in [0.25, 0.3) is 0 Å². The van der Waals surface area contributed by atoms with Gasteiger partial charge in [0.1, 0.15) is 0 Å². The average Bonchev–Trinajstić information content (AvgIpc) is 2.97. The SMILES string of the molecule is COC[C@@H]1CCCN1N=C([C@@H](C)CCO[Si](C)(C)C)[C@@H](C)CCO[Si](C)(C)C. The lowest BCUT2D eigenvalue weighted by molar-refractivity contribution is 0.117. The Labute approximate surface area is 176 Å². The van der Waals surface area contributed by atoms with E-state index in [4.69, 9.17) is 18.7 Å². The van der Waals surface area contributed by atoms with Gasteiger partial charge in [-0.2, -0.15) is 5.10 Å². The molecule has 0 N–H and O–H groups in total. The van der Waals surface area contributed by atoms with Gasteiger partial charge in [-0.15, -0.1) is 0 Å². The number of hydrogen-bond donors (Lipinski definition) is 0. The minimum absolute atomic E-state index is 0.413. The molecule has 1 aliphatic rings. The second kappa shape index (κ2) is 11.8. The van der Waals surface area contributed by atoms with Crippen LogP contribution in [0.3, 0.4) is 0 Å². The Balaban J connectivity index is 2.81. The Morgan fingerprint density at radius 3 is 1.89 bits per heavy atom. The molecule has 5 nitrogen and oxygen atoms in total. The monoisotopic (exact) mass is 430 g/mol. The van der Waals surface area contributed by atoms with E-state index in [0.717, 1.165) is 39.2 Å². The summed E-state index contributed by atoms with van der Waals surface area (Å²) in [5, 5.41) is 7.47. The van der Waals surface area contributed by atoms with Crippen molar-refractivity contribution < 1.29 is 13.6 Å². The summed E-state index contributed by atoms with van der Waals surface area (Å²) in [6, 6.07) is 0.413. The summed E-state index contributed by atoms with van der Waals surface area (Å²) in [6.45, 7) is 21.6. The Hall–Kier alpha value is -0.216. The van der Waals surface area contributed by atoms with E-state index in [1.807, 2.05) is 0 Å². The predicted octanol–water partition coefficient (Wildman–Crippen LogP) is 5.21. The zero-order valence-electron chi connectivity index (χ0n) is 20.0. The molecular formula is C21H46N2O3Si2. The molecule has 0 aliphatic carbocycles. The number of hydrazone groups is 1. The normalized spacial score (nSPS) is 20.3. The first-order valence-electron chi connectivity index (χ1n) is 11.0. The lowest BCUT2D eigenvalue weighted by atomic mass is 9.90. The van der Waals surface area contributed by atoms with Crippen LogP contribution in [0, 0.1) is 11.8 Å². The van der Waals surface area contributed by atoms with Gasteiger partial charge in [-0.05, 0) is 76.8 Å². The number of methoxy groups -OCH3 is 1. The van der Waals surface area contributed by atoms with Crippen molar-refractivity contribution in [1.29, 1.82) is 0 Å². The van der Waals surface area contributed by atoms with E-state index in [1.54, 1.807) is 7.11 Å². The molecule has 0 aromatic heterocycles. The van der Waals surface area contributed by atoms with Gasteiger partial charge in [-0.25, -0.2) is 0 Å². The third-order valence-corrected chi connectivity index (χ3v) is 7.27. The van der Waals surface area contributed by atoms with Crippen molar-refractivity contribution in [1.82, 2.24) is 5.01 Å². The molecule has 0 bridgehead atoms. The van der Waals surface area contributed by atoms with Crippen LogP contribution in [-0.2, 0) is 13.6 Å². The second-order valence-electron chi connectivity index (χ2n) is 10.2. The van der Waals surface area contributed by atoms with Crippen LogP contribution in [0.5, 0.6) is 0 Å². The van der Waals surface area contributed by atoms with Gasteiger partial charge in [-0.1, -0.05) is 13.8 Å². The minimum atomic E-state index is -1.47. The third kappa shape index (κ3) is 10.5. The fraction of sp³-hybridized carbons (Fsp3) is 0.952. The van der Waals surface area contributed by atoms with Crippen LogP contribution in [0.2, 0.25) is 39.3 Å². The van der Waals surface area contributed by atoms with E-state index >= 15 is 0 Å². The van der Waals surface area contributed by atoms with Gasteiger partial charge in [0.05, 0.1) is 12.6 Å². The molecule has 28 heavy (non-hydrogen) atoms. The maximum absolute atomic E-state index is 6.12. The van der Waals surface area contributed by atoms with Crippen molar-refractivity contribution in [2.45, 2.75) is 84.9 Å². The van der Waals surface area contributed by atoms with E-state index < -0.39 is 16.6 Å². The topological polar surface area (TPSA) is 43.3 Å². The van der Waals surface area contributed by atoms with Crippen LogP contribution < -0.4 is 0 Å². The summed E-state index contributed by atoms with van der Waals surface area (Å²) in [7, 11) is -1.15. The Morgan fingerprint density at radius 2 is 1.46 bits per heavy atom. The fourth-order valence-corrected chi connectivity index (χ4v) is 4.99. The summed E-state index contributed by atoms with van der Waals surface area (Å²) < 4.78 is 17.7. The number of nitrogens with zero attached hydrogens (tertiary/aromatic N) is 2. The number of hydrogen-bond acceptors (Lipinski definition) is 5. The van der Waals surface area contributed by atoms with Gasteiger partial charge in [-0.3, -0.25) is 5.01 Å². The minimum Gasteiger partial charge on any atom is -0.418 e. The zero-order valence-corrected chi connectivity index (χ0v) is 22.0. The van der Waals surface area contributed by atoms with Crippen LogP contribution >= 0.6 is 0 Å². The smallest absolute Gasteiger partial charge is 0.183 e. The molecule has 3 atom stereocenters. The summed E-state index contributed by atoms with van der Waals surface area (Å²) in [5.74, 6) is 0.837. The van der Waals surface area contributed by atoms with Gasteiger partial charge in [0, 0.05) is 32.6 Å². The Morgan fingerprint density at radius 1 is 0.964 bits per heavy atom. The number of ether oxygens (including phenoxy) is 1. The highest BCUT2D eigenvalue weighted by atomic mass is 28.4. The zero-order chi connectivity index (χ0) is 21.4. The molecule has 0 aromatic carbocycles. The lowest BCUT2D eigenvalue weighted by Crippen LogP contribution is -2.34. The molecule has 0 unspecified atom stereocenters. The highest BCUT2D eigenvalue weighted by Crippen LogP contribution is 2.23. The molecule has 1 saturated heterocycles. The second-order valence-corrected chi connectivity index (χ2v) is 19.3.